The summed E-state index contributed by atoms with van der Waals surface area (Å²) in [6.45, 7) is 6.94. The molecule has 0 saturated carbocycles. The minimum atomic E-state index is -0.346. The second-order valence-corrected chi connectivity index (χ2v) is 6.99. The summed E-state index contributed by atoms with van der Waals surface area (Å²) in [5.41, 5.74) is 1.43. The summed E-state index contributed by atoms with van der Waals surface area (Å²) in [6.07, 6.45) is 0. The number of rotatable bonds is 8. The average Bonchev–Trinajstić information content (AvgIpc) is 2.67. The maximum Gasteiger partial charge on any atom is 0.255 e. The molecule has 0 unspecified atom stereocenters. The molecule has 2 rings (SSSR count). The van der Waals surface area contributed by atoms with E-state index in [2.05, 4.69) is 10.6 Å². The second kappa shape index (κ2) is 9.99. The van der Waals surface area contributed by atoms with Crippen LogP contribution in [0.15, 0.2) is 36.4 Å². The lowest BCUT2D eigenvalue weighted by Crippen LogP contribution is -2.22. The molecule has 28 heavy (non-hydrogen) atoms. The number of methoxy groups -OCH3 is 1. The Hall–Kier alpha value is -2.73. The van der Waals surface area contributed by atoms with E-state index in [4.69, 9.17) is 21.1 Å². The Morgan fingerprint density at radius 3 is 2.32 bits per heavy atom. The number of carbonyl (C=O) groups is 2. The lowest BCUT2D eigenvalue weighted by atomic mass is 10.1. The number of hydrogen-bond acceptors (Lipinski definition) is 4. The van der Waals surface area contributed by atoms with Crippen LogP contribution in [0, 0.1) is 5.92 Å². The number of ether oxygens (including phenoxy) is 2. The van der Waals surface area contributed by atoms with Crippen molar-refractivity contribution in [3.8, 4) is 11.5 Å². The predicted octanol–water partition coefficient (Wildman–Crippen LogP) is 4.39. The fourth-order valence-electron chi connectivity index (χ4n) is 2.41. The first-order valence-corrected chi connectivity index (χ1v) is 9.43. The Balaban J connectivity index is 2.15. The summed E-state index contributed by atoms with van der Waals surface area (Å²) >= 11 is 6.30. The second-order valence-electron chi connectivity index (χ2n) is 6.59. The van der Waals surface area contributed by atoms with Gasteiger partial charge in [-0.2, -0.15) is 0 Å². The molecule has 0 spiro atoms. The zero-order chi connectivity index (χ0) is 20.7. The smallest absolute Gasteiger partial charge is 0.255 e. The number of anilines is 1. The monoisotopic (exact) mass is 404 g/mol. The largest absolute Gasteiger partial charge is 0.493 e. The van der Waals surface area contributed by atoms with E-state index in [1.807, 2.05) is 20.8 Å². The Bertz CT molecular complexity index is 835. The SMILES string of the molecule is CCNC(=O)c1ccc(NC(=O)c2cc(Cl)c(OCC(C)C)c(OC)c2)cc1. The van der Waals surface area contributed by atoms with Crippen LogP contribution >= 0.6 is 11.6 Å². The molecule has 0 bridgehead atoms. The third-order valence-corrected chi connectivity index (χ3v) is 4.08. The van der Waals surface area contributed by atoms with Crippen molar-refractivity contribution in [1.29, 1.82) is 0 Å². The van der Waals surface area contributed by atoms with E-state index in [1.54, 1.807) is 30.3 Å². The molecule has 150 valence electrons. The van der Waals surface area contributed by atoms with Crippen LogP contribution in [0.5, 0.6) is 11.5 Å². The first-order valence-electron chi connectivity index (χ1n) is 9.05. The van der Waals surface area contributed by atoms with Gasteiger partial charge in [0.2, 0.25) is 0 Å². The highest BCUT2D eigenvalue weighted by Gasteiger charge is 2.17. The van der Waals surface area contributed by atoms with E-state index in [-0.39, 0.29) is 11.8 Å². The highest BCUT2D eigenvalue weighted by molar-refractivity contribution is 6.32. The van der Waals surface area contributed by atoms with Crippen LogP contribution in [0.4, 0.5) is 5.69 Å². The first kappa shape index (κ1) is 21.6. The fraction of sp³-hybridized carbons (Fsp3) is 0.333. The van der Waals surface area contributed by atoms with Gasteiger partial charge in [-0.25, -0.2) is 0 Å². The summed E-state index contributed by atoms with van der Waals surface area (Å²) in [5, 5.41) is 5.80. The van der Waals surface area contributed by atoms with Gasteiger partial charge >= 0.3 is 0 Å². The van der Waals surface area contributed by atoms with Crippen LogP contribution in [0.3, 0.4) is 0 Å². The molecule has 7 heteroatoms. The molecule has 0 heterocycles. The van der Waals surface area contributed by atoms with Crippen molar-refractivity contribution in [2.75, 3.05) is 25.6 Å². The minimum Gasteiger partial charge on any atom is -0.493 e. The number of hydrogen-bond donors (Lipinski definition) is 2. The zero-order valence-electron chi connectivity index (χ0n) is 16.5. The molecular weight excluding hydrogens is 380 g/mol. The normalized spacial score (nSPS) is 10.5. The van der Waals surface area contributed by atoms with Crippen LogP contribution in [0.25, 0.3) is 0 Å². The van der Waals surface area contributed by atoms with Gasteiger partial charge < -0.3 is 20.1 Å². The Labute approximate surface area is 170 Å². The molecule has 0 aromatic heterocycles. The predicted molar refractivity (Wildman–Crippen MR) is 111 cm³/mol. The highest BCUT2D eigenvalue weighted by Crippen LogP contribution is 2.37. The summed E-state index contributed by atoms with van der Waals surface area (Å²) in [7, 11) is 1.50. The average molecular weight is 405 g/mol. The topological polar surface area (TPSA) is 76.7 Å². The van der Waals surface area contributed by atoms with Crippen LogP contribution < -0.4 is 20.1 Å². The van der Waals surface area contributed by atoms with Crippen molar-refractivity contribution in [3.63, 3.8) is 0 Å². The molecule has 0 aliphatic rings. The van der Waals surface area contributed by atoms with E-state index in [0.717, 1.165) is 0 Å². The molecular formula is C21H25ClN2O4. The molecule has 2 aromatic carbocycles. The van der Waals surface area contributed by atoms with Crippen molar-refractivity contribution in [1.82, 2.24) is 5.32 Å². The van der Waals surface area contributed by atoms with Crippen LogP contribution in [0.2, 0.25) is 5.02 Å². The van der Waals surface area contributed by atoms with Gasteiger partial charge in [-0.1, -0.05) is 25.4 Å². The van der Waals surface area contributed by atoms with Gasteiger partial charge in [0.05, 0.1) is 18.7 Å². The van der Waals surface area contributed by atoms with E-state index < -0.39 is 0 Å². The maximum absolute atomic E-state index is 12.6. The van der Waals surface area contributed by atoms with Gasteiger partial charge in [0, 0.05) is 23.4 Å². The lowest BCUT2D eigenvalue weighted by molar-refractivity contribution is 0.0955. The standard InChI is InChI=1S/C21H25ClN2O4/c1-5-23-20(25)14-6-8-16(9-7-14)24-21(26)15-10-17(22)19(18(11-15)27-4)28-12-13(2)3/h6-11,13H,5,12H2,1-4H3,(H,23,25)(H,24,26). The Morgan fingerprint density at radius 1 is 1.07 bits per heavy atom. The van der Waals surface area contributed by atoms with Gasteiger partial charge in [0.25, 0.3) is 11.8 Å². The van der Waals surface area contributed by atoms with Gasteiger partial charge in [0.15, 0.2) is 11.5 Å². The van der Waals surface area contributed by atoms with Crippen LogP contribution in [0.1, 0.15) is 41.5 Å². The van der Waals surface area contributed by atoms with E-state index in [9.17, 15) is 9.59 Å². The summed E-state index contributed by atoms with van der Waals surface area (Å²) < 4.78 is 11.0. The molecule has 0 atom stereocenters. The molecule has 0 saturated heterocycles. The van der Waals surface area contributed by atoms with E-state index in [0.29, 0.717) is 52.4 Å². The Kier molecular flexibility index (Phi) is 7.70. The van der Waals surface area contributed by atoms with Gasteiger partial charge in [-0.05, 0) is 49.2 Å². The van der Waals surface area contributed by atoms with Gasteiger partial charge in [-0.3, -0.25) is 9.59 Å². The molecule has 0 aliphatic carbocycles. The molecule has 0 aliphatic heterocycles. The maximum atomic E-state index is 12.6. The number of nitrogens with one attached hydrogen (secondary N) is 2. The van der Waals surface area contributed by atoms with E-state index >= 15 is 0 Å². The lowest BCUT2D eigenvalue weighted by Gasteiger charge is -2.15. The number of benzene rings is 2. The number of carbonyl (C=O) groups excluding carboxylic acids is 2. The van der Waals surface area contributed by atoms with Crippen LogP contribution in [-0.4, -0.2) is 32.1 Å². The minimum absolute atomic E-state index is 0.158. The summed E-state index contributed by atoms with van der Waals surface area (Å²) in [6, 6.07) is 9.76. The zero-order valence-corrected chi connectivity index (χ0v) is 17.2. The number of amides is 2. The van der Waals surface area contributed by atoms with Crippen molar-refractivity contribution in [2.24, 2.45) is 5.92 Å². The molecule has 0 fully saturated rings. The summed E-state index contributed by atoms with van der Waals surface area (Å²) in [4.78, 5) is 24.4. The molecule has 0 radical (unpaired) electrons. The van der Waals surface area contributed by atoms with Gasteiger partial charge in [-0.15, -0.1) is 0 Å². The van der Waals surface area contributed by atoms with Crippen molar-refractivity contribution in [3.05, 3.63) is 52.5 Å². The van der Waals surface area contributed by atoms with Crippen molar-refractivity contribution < 1.29 is 19.1 Å². The Morgan fingerprint density at radius 2 is 1.75 bits per heavy atom. The van der Waals surface area contributed by atoms with E-state index in [1.165, 1.54) is 13.2 Å². The van der Waals surface area contributed by atoms with Crippen LogP contribution in [-0.2, 0) is 0 Å². The summed E-state index contributed by atoms with van der Waals surface area (Å²) in [5.74, 6) is 0.631. The fourth-order valence-corrected chi connectivity index (χ4v) is 2.68. The molecule has 6 nitrogen and oxygen atoms in total. The first-order chi connectivity index (χ1) is 13.3. The quantitative estimate of drug-likeness (QED) is 0.684. The third-order valence-electron chi connectivity index (χ3n) is 3.79. The number of halogens is 1. The molecule has 2 amide bonds. The molecule has 2 N–H and O–H groups in total. The van der Waals surface area contributed by atoms with Gasteiger partial charge in [0.1, 0.15) is 0 Å². The van der Waals surface area contributed by atoms with Crippen molar-refractivity contribution >= 4 is 29.1 Å². The van der Waals surface area contributed by atoms with Crippen molar-refractivity contribution in [2.45, 2.75) is 20.8 Å². The molecule has 2 aromatic rings. The third kappa shape index (κ3) is 5.63. The highest BCUT2D eigenvalue weighted by atomic mass is 35.5.